The molecule has 0 aromatic carbocycles. The Morgan fingerprint density at radius 3 is 2.88 bits per heavy atom. The topological polar surface area (TPSA) is 56.0 Å². The second kappa shape index (κ2) is 5.08. The van der Waals surface area contributed by atoms with Gasteiger partial charge in [-0.15, -0.1) is 16.4 Å². The quantitative estimate of drug-likeness (QED) is 0.530. The zero-order chi connectivity index (χ0) is 16.3. The Morgan fingerprint density at radius 2 is 2.04 bits per heavy atom. The van der Waals surface area contributed by atoms with Gasteiger partial charge in [0.25, 0.3) is 0 Å². The third-order valence-corrected chi connectivity index (χ3v) is 6.01. The van der Waals surface area contributed by atoms with Gasteiger partial charge in [0, 0.05) is 22.8 Å². The van der Waals surface area contributed by atoms with Crippen molar-refractivity contribution in [2.75, 3.05) is 0 Å². The number of hydrogen-bond donors (Lipinski definition) is 0. The maximum absolute atomic E-state index is 4.87. The van der Waals surface area contributed by atoms with Gasteiger partial charge in [0.1, 0.15) is 10.7 Å². The second-order valence-electron chi connectivity index (χ2n) is 6.60. The van der Waals surface area contributed by atoms with Crippen molar-refractivity contribution in [2.24, 2.45) is 5.92 Å². The number of hydrogen-bond acceptors (Lipinski definition) is 5. The first-order valence-corrected chi connectivity index (χ1v) is 9.10. The highest BCUT2D eigenvalue weighted by Gasteiger charge is 2.24. The van der Waals surface area contributed by atoms with Crippen molar-refractivity contribution in [3.63, 3.8) is 0 Å². The number of pyridine rings is 1. The van der Waals surface area contributed by atoms with Crippen molar-refractivity contribution in [2.45, 2.75) is 33.1 Å². The maximum Gasteiger partial charge on any atom is 0.182 e. The third-order valence-electron chi connectivity index (χ3n) is 4.83. The molecule has 0 amide bonds. The number of aromatic nitrogens is 5. The van der Waals surface area contributed by atoms with Crippen LogP contribution in [0.15, 0.2) is 24.5 Å². The third kappa shape index (κ3) is 1.99. The molecule has 1 aliphatic carbocycles. The summed E-state index contributed by atoms with van der Waals surface area (Å²) >= 11 is 1.83. The number of nitrogens with zero attached hydrogens (tertiary/aromatic N) is 5. The van der Waals surface area contributed by atoms with Crippen LogP contribution in [0.1, 0.15) is 29.6 Å². The predicted molar refractivity (Wildman–Crippen MR) is 95.3 cm³/mol. The first kappa shape index (κ1) is 14.0. The van der Waals surface area contributed by atoms with E-state index in [1.807, 2.05) is 34.9 Å². The van der Waals surface area contributed by atoms with Gasteiger partial charge < -0.3 is 0 Å². The van der Waals surface area contributed by atoms with Crippen LogP contribution in [-0.4, -0.2) is 24.6 Å². The van der Waals surface area contributed by atoms with Gasteiger partial charge in [0.15, 0.2) is 11.5 Å². The van der Waals surface area contributed by atoms with E-state index in [2.05, 4.69) is 11.9 Å². The highest BCUT2D eigenvalue weighted by Crippen LogP contribution is 2.39. The van der Waals surface area contributed by atoms with Crippen LogP contribution in [0.25, 0.3) is 27.3 Å². The average molecular weight is 335 g/mol. The molecule has 0 bridgehead atoms. The molecule has 0 spiro atoms. The zero-order valence-electron chi connectivity index (χ0n) is 13.7. The Balaban J connectivity index is 1.83. The molecule has 0 saturated heterocycles. The molecule has 4 heterocycles. The minimum absolute atomic E-state index is 0.722. The fourth-order valence-electron chi connectivity index (χ4n) is 3.57. The molecule has 0 unspecified atom stereocenters. The van der Waals surface area contributed by atoms with Crippen molar-refractivity contribution in [1.29, 1.82) is 0 Å². The smallest absolute Gasteiger partial charge is 0.182 e. The molecule has 120 valence electrons. The minimum Gasteiger partial charge on any atom is -0.265 e. The van der Waals surface area contributed by atoms with E-state index in [4.69, 9.17) is 15.1 Å². The summed E-state index contributed by atoms with van der Waals surface area (Å²) in [6, 6.07) is 3.89. The molecule has 0 fully saturated rings. The molecule has 4 aromatic rings. The second-order valence-corrected chi connectivity index (χ2v) is 7.68. The summed E-state index contributed by atoms with van der Waals surface area (Å²) in [5, 5.41) is 5.91. The van der Waals surface area contributed by atoms with E-state index < -0.39 is 0 Å². The van der Waals surface area contributed by atoms with E-state index >= 15 is 0 Å². The first-order valence-electron chi connectivity index (χ1n) is 8.28. The van der Waals surface area contributed by atoms with E-state index in [1.165, 1.54) is 22.2 Å². The van der Waals surface area contributed by atoms with E-state index in [-0.39, 0.29) is 0 Å². The molecule has 0 radical (unpaired) electrons. The van der Waals surface area contributed by atoms with Crippen molar-refractivity contribution in [3.8, 4) is 11.4 Å². The molecule has 6 heteroatoms. The van der Waals surface area contributed by atoms with Crippen molar-refractivity contribution in [3.05, 3.63) is 40.8 Å². The van der Waals surface area contributed by atoms with Crippen LogP contribution in [0.5, 0.6) is 0 Å². The Kier molecular flexibility index (Phi) is 2.97. The lowest BCUT2D eigenvalue weighted by Crippen LogP contribution is -2.09. The van der Waals surface area contributed by atoms with Crippen LogP contribution in [0, 0.1) is 12.8 Å². The van der Waals surface area contributed by atoms with Crippen LogP contribution in [0.2, 0.25) is 0 Å². The molecule has 1 atom stereocenters. The molecular weight excluding hydrogens is 318 g/mol. The molecule has 5 rings (SSSR count). The lowest BCUT2D eigenvalue weighted by atomic mass is 9.89. The van der Waals surface area contributed by atoms with Crippen molar-refractivity contribution in [1.82, 2.24) is 24.6 Å². The Hall–Kier alpha value is -2.34. The van der Waals surface area contributed by atoms with Crippen molar-refractivity contribution >= 4 is 27.2 Å². The van der Waals surface area contributed by atoms with Crippen LogP contribution in [0.4, 0.5) is 0 Å². The van der Waals surface area contributed by atoms with Gasteiger partial charge in [-0.3, -0.25) is 4.98 Å². The van der Waals surface area contributed by atoms with Gasteiger partial charge in [-0.05, 0) is 49.8 Å². The molecule has 1 aliphatic rings. The van der Waals surface area contributed by atoms with Crippen LogP contribution in [-0.2, 0) is 12.8 Å². The number of aryl methyl sites for hydroxylation is 2. The fourth-order valence-corrected chi connectivity index (χ4v) is 4.83. The lowest BCUT2D eigenvalue weighted by molar-refractivity contribution is 0.508. The highest BCUT2D eigenvalue weighted by atomic mass is 32.1. The lowest BCUT2D eigenvalue weighted by Gasteiger charge is -2.17. The van der Waals surface area contributed by atoms with Crippen LogP contribution in [0.3, 0.4) is 0 Å². The molecule has 24 heavy (non-hydrogen) atoms. The summed E-state index contributed by atoms with van der Waals surface area (Å²) in [5.74, 6) is 2.34. The van der Waals surface area contributed by atoms with E-state index in [0.717, 1.165) is 46.4 Å². The Bertz CT molecular complexity index is 1060. The van der Waals surface area contributed by atoms with Gasteiger partial charge in [-0.25, -0.2) is 9.97 Å². The maximum atomic E-state index is 4.87. The number of rotatable bonds is 1. The van der Waals surface area contributed by atoms with Gasteiger partial charge >= 0.3 is 0 Å². The summed E-state index contributed by atoms with van der Waals surface area (Å²) in [7, 11) is 0. The summed E-state index contributed by atoms with van der Waals surface area (Å²) in [6.07, 6.45) is 7.09. The van der Waals surface area contributed by atoms with E-state index in [0.29, 0.717) is 0 Å². The first-order chi connectivity index (χ1) is 11.7. The summed E-state index contributed by atoms with van der Waals surface area (Å²) < 4.78 is 1.89. The average Bonchev–Trinajstić information content (AvgIpc) is 3.17. The summed E-state index contributed by atoms with van der Waals surface area (Å²) in [4.78, 5) is 16.3. The van der Waals surface area contributed by atoms with E-state index in [1.54, 1.807) is 12.4 Å². The number of fused-ring (bicyclic) bond motifs is 5. The molecule has 4 aromatic heterocycles. The predicted octanol–water partition coefficient (Wildman–Crippen LogP) is 3.83. The van der Waals surface area contributed by atoms with Gasteiger partial charge in [0.2, 0.25) is 0 Å². The molecule has 5 nitrogen and oxygen atoms in total. The number of thiophene rings is 1. The van der Waals surface area contributed by atoms with Gasteiger partial charge in [-0.1, -0.05) is 6.92 Å². The Morgan fingerprint density at radius 1 is 1.21 bits per heavy atom. The van der Waals surface area contributed by atoms with Crippen LogP contribution >= 0.6 is 11.3 Å². The zero-order valence-corrected chi connectivity index (χ0v) is 14.5. The summed E-state index contributed by atoms with van der Waals surface area (Å²) in [5.41, 5.74) is 3.37. The highest BCUT2D eigenvalue weighted by molar-refractivity contribution is 7.19. The molecule has 0 saturated carbocycles. The summed E-state index contributed by atoms with van der Waals surface area (Å²) in [6.45, 7) is 4.33. The molecule has 0 N–H and O–H groups in total. The van der Waals surface area contributed by atoms with Crippen LogP contribution < -0.4 is 0 Å². The minimum atomic E-state index is 0.722. The molecular formula is C18H17N5S. The van der Waals surface area contributed by atoms with Gasteiger partial charge in [0.05, 0.1) is 5.39 Å². The van der Waals surface area contributed by atoms with E-state index in [9.17, 15) is 0 Å². The van der Waals surface area contributed by atoms with Crippen molar-refractivity contribution < 1.29 is 0 Å². The van der Waals surface area contributed by atoms with Gasteiger partial charge in [-0.2, -0.15) is 4.52 Å². The monoisotopic (exact) mass is 335 g/mol. The fraction of sp³-hybridized carbons (Fsp3) is 0.333. The SMILES string of the molecule is Cc1nc2sc3c(c2c2nc(-c4ccncc4)nn12)C[C@H](C)CC3. The molecule has 0 aliphatic heterocycles. The largest absolute Gasteiger partial charge is 0.265 e. The Labute approximate surface area is 143 Å². The standard InChI is InChI=1S/C18H17N5S/c1-10-3-4-14-13(9-10)15-17-21-16(12-5-7-19-8-6-12)22-23(17)11(2)20-18(15)24-14/h5-8,10H,3-4,9H2,1-2H3/t10-/m1/s1. The normalized spacial score (nSPS) is 17.5.